The normalized spacial score (nSPS) is 23.7. The van der Waals surface area contributed by atoms with Crippen LogP contribution in [-0.4, -0.2) is 28.6 Å². The van der Waals surface area contributed by atoms with E-state index in [1.807, 2.05) is 18.4 Å². The lowest BCUT2D eigenvalue weighted by molar-refractivity contribution is -0.141. The fourth-order valence-electron chi connectivity index (χ4n) is 2.68. The Kier molecular flexibility index (Phi) is 2.70. The van der Waals surface area contributed by atoms with Gasteiger partial charge in [-0.25, -0.2) is 4.98 Å². The number of rotatable bonds is 2. The van der Waals surface area contributed by atoms with Crippen LogP contribution in [-0.2, 0) is 4.79 Å². The molecule has 3 heterocycles. The van der Waals surface area contributed by atoms with Crippen molar-refractivity contribution in [3.63, 3.8) is 0 Å². The van der Waals surface area contributed by atoms with Crippen molar-refractivity contribution in [3.8, 4) is 0 Å². The number of fused-ring (bicyclic) bond motifs is 1. The highest BCUT2D eigenvalue weighted by Crippen LogP contribution is 2.34. The number of carbonyl (C=O) groups is 1. The van der Waals surface area contributed by atoms with Crippen LogP contribution in [0.1, 0.15) is 13.3 Å². The van der Waals surface area contributed by atoms with E-state index in [4.69, 9.17) is 0 Å². The largest absolute Gasteiger partial charge is 0.481 e. The van der Waals surface area contributed by atoms with Gasteiger partial charge in [0.25, 0.3) is 0 Å². The fraction of sp³-hybridized carbons (Fsp3) is 0.385. The van der Waals surface area contributed by atoms with Gasteiger partial charge in [0.2, 0.25) is 0 Å². The second-order valence-corrected chi connectivity index (χ2v) is 5.58. The van der Waals surface area contributed by atoms with Crippen molar-refractivity contribution < 1.29 is 9.90 Å². The van der Waals surface area contributed by atoms with Gasteiger partial charge in [0.15, 0.2) is 0 Å². The summed E-state index contributed by atoms with van der Waals surface area (Å²) >= 11 is 1.69. The monoisotopic (exact) mass is 262 g/mol. The quantitative estimate of drug-likeness (QED) is 0.904. The van der Waals surface area contributed by atoms with Crippen molar-refractivity contribution in [1.82, 2.24) is 4.98 Å². The van der Waals surface area contributed by atoms with Gasteiger partial charge in [0, 0.05) is 28.9 Å². The average molecular weight is 262 g/mol. The maximum absolute atomic E-state index is 11.2. The summed E-state index contributed by atoms with van der Waals surface area (Å²) in [5.74, 6) is -0.0758. The van der Waals surface area contributed by atoms with Gasteiger partial charge >= 0.3 is 5.97 Å². The van der Waals surface area contributed by atoms with Crippen LogP contribution in [0.2, 0.25) is 0 Å². The van der Waals surface area contributed by atoms with Crippen molar-refractivity contribution in [3.05, 3.63) is 23.7 Å². The van der Waals surface area contributed by atoms with Gasteiger partial charge in [-0.3, -0.25) is 4.79 Å². The minimum atomic E-state index is -0.706. The van der Waals surface area contributed by atoms with E-state index in [0.29, 0.717) is 6.42 Å². The molecule has 0 amide bonds. The van der Waals surface area contributed by atoms with Gasteiger partial charge in [-0.15, -0.1) is 11.3 Å². The minimum Gasteiger partial charge on any atom is -0.481 e. The first kappa shape index (κ1) is 11.5. The lowest BCUT2D eigenvalue weighted by atomic mass is 10.0. The number of carboxylic acids is 1. The van der Waals surface area contributed by atoms with Gasteiger partial charge in [-0.05, 0) is 30.9 Å². The maximum Gasteiger partial charge on any atom is 0.308 e. The number of anilines is 1. The second kappa shape index (κ2) is 4.24. The van der Waals surface area contributed by atoms with E-state index < -0.39 is 5.97 Å². The Morgan fingerprint density at radius 1 is 1.56 bits per heavy atom. The van der Waals surface area contributed by atoms with Crippen LogP contribution >= 0.6 is 11.3 Å². The molecule has 18 heavy (non-hydrogen) atoms. The zero-order chi connectivity index (χ0) is 12.7. The number of hydrogen-bond donors (Lipinski definition) is 1. The summed E-state index contributed by atoms with van der Waals surface area (Å²) in [4.78, 5) is 17.7. The lowest BCUT2D eigenvalue weighted by Gasteiger charge is -2.24. The third-order valence-corrected chi connectivity index (χ3v) is 4.59. The van der Waals surface area contributed by atoms with Gasteiger partial charge in [-0.2, -0.15) is 0 Å². The second-order valence-electron chi connectivity index (χ2n) is 4.63. The fourth-order valence-corrected chi connectivity index (χ4v) is 3.45. The number of carboxylic acid groups (broad SMARTS) is 1. The van der Waals surface area contributed by atoms with Crippen LogP contribution in [0.4, 0.5) is 5.82 Å². The highest BCUT2D eigenvalue weighted by molar-refractivity contribution is 7.17. The zero-order valence-corrected chi connectivity index (χ0v) is 10.9. The minimum absolute atomic E-state index is 0.000463. The summed E-state index contributed by atoms with van der Waals surface area (Å²) < 4.78 is 1.20. The summed E-state index contributed by atoms with van der Waals surface area (Å²) in [6, 6.07) is 4.06. The van der Waals surface area contributed by atoms with Crippen LogP contribution < -0.4 is 4.90 Å². The van der Waals surface area contributed by atoms with Crippen molar-refractivity contribution >= 4 is 33.2 Å². The molecule has 94 valence electrons. The van der Waals surface area contributed by atoms with E-state index in [1.54, 1.807) is 17.5 Å². The Balaban J connectivity index is 2.01. The van der Waals surface area contributed by atoms with Crippen LogP contribution in [0.15, 0.2) is 23.7 Å². The zero-order valence-electron chi connectivity index (χ0n) is 10.0. The molecule has 1 fully saturated rings. The van der Waals surface area contributed by atoms with E-state index in [0.717, 1.165) is 17.7 Å². The topological polar surface area (TPSA) is 53.4 Å². The average Bonchev–Trinajstić information content (AvgIpc) is 2.94. The summed E-state index contributed by atoms with van der Waals surface area (Å²) in [5, 5.41) is 12.3. The number of hydrogen-bond acceptors (Lipinski definition) is 4. The molecule has 2 unspecified atom stereocenters. The Hall–Kier alpha value is -1.62. The molecule has 0 aliphatic carbocycles. The predicted octanol–water partition coefficient (Wildman–Crippen LogP) is 2.60. The first-order chi connectivity index (χ1) is 8.68. The number of aromatic nitrogens is 1. The first-order valence-corrected chi connectivity index (χ1v) is 6.88. The smallest absolute Gasteiger partial charge is 0.308 e. The van der Waals surface area contributed by atoms with Crippen LogP contribution in [0.25, 0.3) is 10.1 Å². The van der Waals surface area contributed by atoms with Gasteiger partial charge in [0.1, 0.15) is 5.82 Å². The van der Waals surface area contributed by atoms with E-state index in [1.165, 1.54) is 4.70 Å². The van der Waals surface area contributed by atoms with Gasteiger partial charge in [0.05, 0.1) is 5.92 Å². The standard InChI is InChI=1S/C13H14N2O2S/c1-8-9(13(16)17)3-6-15(8)12-10-4-7-18-11(10)2-5-14-12/h2,4-5,7-9H,3,6H2,1H3,(H,16,17). The number of pyridine rings is 1. The van der Waals surface area contributed by atoms with E-state index >= 15 is 0 Å². The lowest BCUT2D eigenvalue weighted by Crippen LogP contribution is -2.33. The first-order valence-electron chi connectivity index (χ1n) is 6.00. The molecule has 2 aromatic rings. The third-order valence-electron chi connectivity index (χ3n) is 3.70. The Labute approximate surface area is 109 Å². The molecular formula is C13H14N2O2S. The molecule has 1 aliphatic rings. The summed E-state index contributed by atoms with van der Waals surface area (Å²) in [7, 11) is 0. The molecule has 0 radical (unpaired) electrons. The molecule has 4 nitrogen and oxygen atoms in total. The SMILES string of the molecule is CC1C(C(=O)O)CCN1c1nccc2sccc12. The van der Waals surface area contributed by atoms with Crippen molar-refractivity contribution in [2.75, 3.05) is 11.4 Å². The van der Waals surface area contributed by atoms with Crippen molar-refractivity contribution in [1.29, 1.82) is 0 Å². The third kappa shape index (κ3) is 1.66. The molecule has 1 saturated heterocycles. The summed E-state index contributed by atoms with van der Waals surface area (Å²) in [5.41, 5.74) is 0. The molecule has 0 spiro atoms. The number of nitrogens with zero attached hydrogens (tertiary/aromatic N) is 2. The number of aliphatic carboxylic acids is 1. The van der Waals surface area contributed by atoms with E-state index in [-0.39, 0.29) is 12.0 Å². The molecule has 3 rings (SSSR count). The van der Waals surface area contributed by atoms with Crippen LogP contribution in [0.5, 0.6) is 0 Å². The van der Waals surface area contributed by atoms with Gasteiger partial charge < -0.3 is 10.0 Å². The summed E-state index contributed by atoms with van der Waals surface area (Å²) in [6.07, 6.45) is 2.49. The Bertz CT molecular complexity index is 595. The molecule has 0 saturated carbocycles. The van der Waals surface area contributed by atoms with Crippen molar-refractivity contribution in [2.45, 2.75) is 19.4 Å². The summed E-state index contributed by atoms with van der Waals surface area (Å²) in [6.45, 7) is 2.73. The van der Waals surface area contributed by atoms with E-state index in [9.17, 15) is 9.90 Å². The molecule has 2 aromatic heterocycles. The predicted molar refractivity (Wildman–Crippen MR) is 72.2 cm³/mol. The molecule has 5 heteroatoms. The maximum atomic E-state index is 11.2. The van der Waals surface area contributed by atoms with Crippen LogP contribution in [0, 0.1) is 5.92 Å². The highest BCUT2D eigenvalue weighted by Gasteiger charge is 2.36. The molecule has 0 aromatic carbocycles. The molecule has 1 aliphatic heterocycles. The Morgan fingerprint density at radius 3 is 3.11 bits per heavy atom. The molecule has 2 atom stereocenters. The molecule has 0 bridgehead atoms. The number of thiophene rings is 1. The highest BCUT2D eigenvalue weighted by atomic mass is 32.1. The van der Waals surface area contributed by atoms with Crippen LogP contribution in [0.3, 0.4) is 0 Å². The van der Waals surface area contributed by atoms with Crippen molar-refractivity contribution in [2.24, 2.45) is 5.92 Å². The molecule has 1 N–H and O–H groups in total. The van der Waals surface area contributed by atoms with Gasteiger partial charge in [-0.1, -0.05) is 0 Å². The van der Waals surface area contributed by atoms with E-state index in [2.05, 4.69) is 16.0 Å². The molecular weight excluding hydrogens is 248 g/mol. The Morgan fingerprint density at radius 2 is 2.39 bits per heavy atom.